The molecule has 1 aliphatic rings. The van der Waals surface area contributed by atoms with Crippen LogP contribution >= 0.6 is 22.7 Å². The highest BCUT2D eigenvalue weighted by Crippen LogP contribution is 2.21. The van der Waals surface area contributed by atoms with Gasteiger partial charge in [-0.1, -0.05) is 6.07 Å². The second-order valence-electron chi connectivity index (χ2n) is 5.80. The Balaban J connectivity index is 1.60. The average Bonchev–Trinajstić information content (AvgIpc) is 3.14. The zero-order chi connectivity index (χ0) is 15.4. The van der Waals surface area contributed by atoms with Crippen LogP contribution in [0, 0.1) is 6.92 Å². The molecular weight excluding hydrogens is 314 g/mol. The van der Waals surface area contributed by atoms with Crippen LogP contribution in [0.1, 0.15) is 21.2 Å². The number of hydrogen-bond donors (Lipinski definition) is 1. The predicted octanol–water partition coefficient (Wildman–Crippen LogP) is 2.58. The first-order chi connectivity index (χ1) is 10.7. The summed E-state index contributed by atoms with van der Waals surface area (Å²) in [6.45, 7) is 7.50. The van der Waals surface area contributed by atoms with Crippen molar-refractivity contribution in [2.24, 2.45) is 0 Å². The van der Waals surface area contributed by atoms with Crippen molar-refractivity contribution in [2.45, 2.75) is 32.5 Å². The fourth-order valence-corrected chi connectivity index (χ4v) is 4.60. The van der Waals surface area contributed by atoms with E-state index in [-0.39, 0.29) is 6.61 Å². The van der Waals surface area contributed by atoms with Gasteiger partial charge in [-0.25, -0.2) is 4.98 Å². The van der Waals surface area contributed by atoms with Crippen molar-refractivity contribution < 1.29 is 5.11 Å². The summed E-state index contributed by atoms with van der Waals surface area (Å²) in [6.07, 6.45) is 2.85. The second kappa shape index (κ2) is 7.66. The van der Waals surface area contributed by atoms with Gasteiger partial charge in [-0.2, -0.15) is 0 Å². The molecule has 0 aromatic carbocycles. The molecule has 1 unspecified atom stereocenters. The molecular formula is C16H23N3OS2. The third kappa shape index (κ3) is 4.14. The van der Waals surface area contributed by atoms with Gasteiger partial charge in [0.05, 0.1) is 5.01 Å². The van der Waals surface area contributed by atoms with E-state index >= 15 is 0 Å². The third-order valence-corrected chi connectivity index (χ3v) is 5.90. The van der Waals surface area contributed by atoms with Crippen molar-refractivity contribution in [1.29, 1.82) is 0 Å². The minimum absolute atomic E-state index is 0.263. The standard InChI is InChI=1S/C16H23N3OS2/c1-13-17-9-16(22-13)11-18-5-6-19(14(10-18)4-7-20)12-15-3-2-8-21-15/h2-3,8-9,14,20H,4-7,10-12H2,1H3. The first kappa shape index (κ1) is 16.1. The number of thiazole rings is 1. The van der Waals surface area contributed by atoms with E-state index in [9.17, 15) is 5.11 Å². The molecule has 0 aliphatic carbocycles. The van der Waals surface area contributed by atoms with E-state index in [1.54, 1.807) is 11.3 Å². The molecule has 0 amide bonds. The van der Waals surface area contributed by atoms with Crippen LogP contribution in [0.2, 0.25) is 0 Å². The predicted molar refractivity (Wildman–Crippen MR) is 92.3 cm³/mol. The first-order valence-electron chi connectivity index (χ1n) is 7.75. The summed E-state index contributed by atoms with van der Waals surface area (Å²) in [4.78, 5) is 12.1. The Morgan fingerprint density at radius 3 is 2.91 bits per heavy atom. The van der Waals surface area contributed by atoms with Gasteiger partial charge in [-0.3, -0.25) is 9.80 Å². The maximum Gasteiger partial charge on any atom is 0.0897 e. The lowest BCUT2D eigenvalue weighted by molar-refractivity contribution is 0.0511. The summed E-state index contributed by atoms with van der Waals surface area (Å²) >= 11 is 3.60. The molecule has 1 N–H and O–H groups in total. The van der Waals surface area contributed by atoms with Gasteiger partial charge in [0.15, 0.2) is 0 Å². The highest BCUT2D eigenvalue weighted by molar-refractivity contribution is 7.11. The monoisotopic (exact) mass is 337 g/mol. The van der Waals surface area contributed by atoms with Crippen molar-refractivity contribution in [2.75, 3.05) is 26.2 Å². The molecule has 6 heteroatoms. The minimum Gasteiger partial charge on any atom is -0.396 e. The van der Waals surface area contributed by atoms with E-state index in [1.807, 2.05) is 17.5 Å². The lowest BCUT2D eigenvalue weighted by atomic mass is 10.1. The summed E-state index contributed by atoms with van der Waals surface area (Å²) in [5, 5.41) is 12.7. The van der Waals surface area contributed by atoms with Crippen LogP contribution in [0.3, 0.4) is 0 Å². The molecule has 1 atom stereocenters. The van der Waals surface area contributed by atoms with E-state index < -0.39 is 0 Å². The molecule has 0 saturated carbocycles. The van der Waals surface area contributed by atoms with E-state index in [0.29, 0.717) is 6.04 Å². The van der Waals surface area contributed by atoms with Gasteiger partial charge < -0.3 is 5.11 Å². The smallest absolute Gasteiger partial charge is 0.0897 e. The van der Waals surface area contributed by atoms with Gasteiger partial charge in [-0.05, 0) is 24.8 Å². The minimum atomic E-state index is 0.263. The number of rotatable bonds is 6. The quantitative estimate of drug-likeness (QED) is 0.879. The molecule has 0 bridgehead atoms. The van der Waals surface area contributed by atoms with Crippen LogP contribution in [-0.4, -0.2) is 52.2 Å². The molecule has 3 heterocycles. The van der Waals surface area contributed by atoms with Gasteiger partial charge in [0.2, 0.25) is 0 Å². The van der Waals surface area contributed by atoms with Crippen LogP contribution < -0.4 is 0 Å². The molecule has 1 saturated heterocycles. The van der Waals surface area contributed by atoms with E-state index in [0.717, 1.165) is 44.2 Å². The number of thiophene rings is 1. The zero-order valence-corrected chi connectivity index (χ0v) is 14.6. The SMILES string of the molecule is Cc1ncc(CN2CCN(Cc3cccs3)C(CCO)C2)s1. The molecule has 22 heavy (non-hydrogen) atoms. The lowest BCUT2D eigenvalue weighted by Gasteiger charge is -2.41. The molecule has 0 spiro atoms. The van der Waals surface area contributed by atoms with Crippen LogP contribution in [0.4, 0.5) is 0 Å². The molecule has 120 valence electrons. The third-order valence-electron chi connectivity index (χ3n) is 4.14. The highest BCUT2D eigenvalue weighted by Gasteiger charge is 2.27. The average molecular weight is 338 g/mol. The maximum absolute atomic E-state index is 9.39. The van der Waals surface area contributed by atoms with Crippen molar-refractivity contribution in [1.82, 2.24) is 14.8 Å². The Bertz CT molecular complexity index is 570. The molecule has 2 aromatic rings. The molecule has 4 nitrogen and oxygen atoms in total. The lowest BCUT2D eigenvalue weighted by Crippen LogP contribution is -2.52. The zero-order valence-electron chi connectivity index (χ0n) is 12.9. The summed E-state index contributed by atoms with van der Waals surface area (Å²) in [5.41, 5.74) is 0. The van der Waals surface area contributed by atoms with E-state index in [4.69, 9.17) is 0 Å². The number of nitrogens with zero attached hydrogens (tertiary/aromatic N) is 3. The molecule has 2 aromatic heterocycles. The number of aliphatic hydroxyl groups excluding tert-OH is 1. The summed E-state index contributed by atoms with van der Waals surface area (Å²) in [5.74, 6) is 0. The van der Waals surface area contributed by atoms with Gasteiger partial charge in [0, 0.05) is 61.3 Å². The van der Waals surface area contributed by atoms with Crippen LogP contribution in [0.25, 0.3) is 0 Å². The highest BCUT2D eigenvalue weighted by atomic mass is 32.1. The molecule has 3 rings (SSSR count). The van der Waals surface area contributed by atoms with Crippen molar-refractivity contribution in [3.05, 3.63) is 38.5 Å². The Kier molecular flexibility index (Phi) is 5.60. The molecule has 1 aliphatic heterocycles. The first-order valence-corrected chi connectivity index (χ1v) is 9.45. The second-order valence-corrected chi connectivity index (χ2v) is 8.15. The largest absolute Gasteiger partial charge is 0.396 e. The number of aromatic nitrogens is 1. The Morgan fingerprint density at radius 2 is 2.23 bits per heavy atom. The Labute approximate surface area is 140 Å². The summed E-state index contributed by atoms with van der Waals surface area (Å²) in [7, 11) is 0. The number of piperazine rings is 1. The molecule has 1 fully saturated rings. The normalized spacial score (nSPS) is 20.5. The number of hydrogen-bond acceptors (Lipinski definition) is 6. The van der Waals surface area contributed by atoms with Crippen LogP contribution in [0.15, 0.2) is 23.7 Å². The number of aliphatic hydroxyl groups is 1. The number of aryl methyl sites for hydroxylation is 1. The fourth-order valence-electron chi connectivity index (χ4n) is 3.03. The van der Waals surface area contributed by atoms with E-state index in [1.165, 1.54) is 9.75 Å². The van der Waals surface area contributed by atoms with Crippen molar-refractivity contribution in [3.63, 3.8) is 0 Å². The van der Waals surface area contributed by atoms with Crippen LogP contribution in [-0.2, 0) is 13.1 Å². The van der Waals surface area contributed by atoms with Gasteiger partial charge in [0.25, 0.3) is 0 Å². The summed E-state index contributed by atoms with van der Waals surface area (Å²) < 4.78 is 0. The van der Waals surface area contributed by atoms with Crippen molar-refractivity contribution in [3.8, 4) is 0 Å². The Hall–Kier alpha value is -0.790. The summed E-state index contributed by atoms with van der Waals surface area (Å²) in [6, 6.07) is 4.76. The maximum atomic E-state index is 9.39. The molecule has 0 radical (unpaired) electrons. The van der Waals surface area contributed by atoms with Gasteiger partial charge in [0.1, 0.15) is 0 Å². The van der Waals surface area contributed by atoms with E-state index in [2.05, 4.69) is 39.2 Å². The van der Waals surface area contributed by atoms with Gasteiger partial charge >= 0.3 is 0 Å². The Morgan fingerprint density at radius 1 is 1.32 bits per heavy atom. The topological polar surface area (TPSA) is 39.6 Å². The fraction of sp³-hybridized carbons (Fsp3) is 0.562. The van der Waals surface area contributed by atoms with Crippen LogP contribution in [0.5, 0.6) is 0 Å². The van der Waals surface area contributed by atoms with Gasteiger partial charge in [-0.15, -0.1) is 22.7 Å². The van der Waals surface area contributed by atoms with Crippen molar-refractivity contribution >= 4 is 22.7 Å².